The normalized spacial score (nSPS) is 11.5. The molecule has 0 aliphatic heterocycles. The first-order chi connectivity index (χ1) is 21.6. The van der Waals surface area contributed by atoms with E-state index in [1.165, 1.54) is 16.7 Å². The minimum atomic E-state index is -5.12. The third-order valence-electron chi connectivity index (χ3n) is 5.33. The standard InChI is InChI=1S/C13H12O.2C7H8O.C6H8O8P2/c1-11-7-9-13(10-8-11)14-12-5-3-2-4-6-12;2*1-6-2-4-7(8)5-3-6;7-5-1-3-6(4-2-5)13-16(11,12)14-15(8,9)10/h2-10H,1H3;2*2-5,8H,1H3;1-4,7H,(H,11,12)(H2,8,9,10). The molecule has 0 aliphatic carbocycles. The van der Waals surface area contributed by atoms with Gasteiger partial charge in [0.05, 0.1) is 0 Å². The van der Waals surface area contributed by atoms with Crippen LogP contribution in [0.1, 0.15) is 16.7 Å². The highest BCUT2D eigenvalue weighted by Gasteiger charge is 2.33. The molecule has 13 heteroatoms. The highest BCUT2D eigenvalue weighted by molar-refractivity contribution is 7.60. The maximum atomic E-state index is 11.0. The zero-order valence-corrected chi connectivity index (χ0v) is 27.0. The maximum Gasteiger partial charge on any atom is 0.536 e. The SMILES string of the molecule is Cc1ccc(O)cc1.Cc1ccc(O)cc1.Cc1ccc(Oc2ccccc2)cc1.O=P(O)(O)OP(=O)(O)Oc1ccc(O)cc1. The Morgan fingerprint density at radius 2 is 0.783 bits per heavy atom. The summed E-state index contributed by atoms with van der Waals surface area (Å²) in [6, 6.07) is 36.6. The minimum Gasteiger partial charge on any atom is -0.508 e. The van der Waals surface area contributed by atoms with E-state index >= 15 is 0 Å². The number of rotatable bonds is 6. The van der Waals surface area contributed by atoms with Crippen molar-refractivity contribution < 1.29 is 52.7 Å². The van der Waals surface area contributed by atoms with Crippen LogP contribution in [0.15, 0.2) is 127 Å². The van der Waals surface area contributed by atoms with Crippen LogP contribution >= 0.6 is 15.6 Å². The van der Waals surface area contributed by atoms with Crippen LogP contribution in [0.5, 0.6) is 34.5 Å². The van der Waals surface area contributed by atoms with Crippen LogP contribution in [0.4, 0.5) is 0 Å². The Kier molecular flexibility index (Phi) is 15.0. The molecule has 0 amide bonds. The molecule has 46 heavy (non-hydrogen) atoms. The van der Waals surface area contributed by atoms with Gasteiger partial charge in [0.15, 0.2) is 0 Å². The molecule has 5 aromatic carbocycles. The molecule has 0 heterocycles. The zero-order chi connectivity index (χ0) is 34.2. The summed E-state index contributed by atoms with van der Waals surface area (Å²) in [5.74, 6) is 2.12. The molecule has 0 saturated carbocycles. The fraction of sp³-hybridized carbons (Fsp3) is 0.0909. The molecule has 0 radical (unpaired) electrons. The summed E-state index contributed by atoms with van der Waals surface area (Å²) in [6.07, 6.45) is 0. The van der Waals surface area contributed by atoms with Crippen molar-refractivity contribution in [3.63, 3.8) is 0 Å². The Balaban J connectivity index is 0.000000223. The second kappa shape index (κ2) is 18.4. The molecule has 11 nitrogen and oxygen atoms in total. The number of phenolic OH excluding ortho intramolecular Hbond substituents is 3. The number of para-hydroxylation sites is 1. The van der Waals surface area contributed by atoms with E-state index in [4.69, 9.17) is 34.7 Å². The van der Waals surface area contributed by atoms with Crippen molar-refractivity contribution in [2.24, 2.45) is 0 Å². The fourth-order valence-corrected chi connectivity index (χ4v) is 4.71. The summed E-state index contributed by atoms with van der Waals surface area (Å²) in [6.45, 7) is 6.03. The van der Waals surface area contributed by atoms with Crippen LogP contribution in [0.25, 0.3) is 0 Å². The van der Waals surface area contributed by atoms with Crippen molar-refractivity contribution in [1.82, 2.24) is 0 Å². The highest BCUT2D eigenvalue weighted by Crippen LogP contribution is 2.57. The number of phosphoric ester groups is 1. The van der Waals surface area contributed by atoms with Crippen LogP contribution in [0.3, 0.4) is 0 Å². The van der Waals surface area contributed by atoms with E-state index in [0.717, 1.165) is 35.8 Å². The Morgan fingerprint density at radius 1 is 0.457 bits per heavy atom. The van der Waals surface area contributed by atoms with Gasteiger partial charge in [0.1, 0.15) is 34.5 Å². The van der Waals surface area contributed by atoms with Gasteiger partial charge in [-0.2, -0.15) is 4.31 Å². The average molecular weight is 671 g/mol. The van der Waals surface area contributed by atoms with Crippen LogP contribution in [-0.2, 0) is 13.4 Å². The van der Waals surface area contributed by atoms with Gasteiger partial charge in [-0.25, -0.2) is 9.13 Å². The lowest BCUT2D eigenvalue weighted by atomic mass is 10.2. The quantitative estimate of drug-likeness (QED) is 0.0958. The van der Waals surface area contributed by atoms with Crippen molar-refractivity contribution >= 4 is 15.6 Å². The van der Waals surface area contributed by atoms with E-state index in [-0.39, 0.29) is 11.5 Å². The molecular weight excluding hydrogens is 634 g/mol. The van der Waals surface area contributed by atoms with Crippen molar-refractivity contribution in [3.05, 3.63) is 144 Å². The van der Waals surface area contributed by atoms with Crippen molar-refractivity contribution in [3.8, 4) is 34.5 Å². The number of phenols is 3. The van der Waals surface area contributed by atoms with Crippen LogP contribution in [0.2, 0.25) is 0 Å². The minimum absolute atomic E-state index is 0.101. The smallest absolute Gasteiger partial charge is 0.508 e. The third kappa shape index (κ3) is 17.0. The van der Waals surface area contributed by atoms with Gasteiger partial charge in [-0.3, -0.25) is 4.89 Å². The molecule has 0 spiro atoms. The second-order valence-corrected chi connectivity index (χ2v) is 12.3. The van der Waals surface area contributed by atoms with E-state index in [1.54, 1.807) is 24.3 Å². The monoisotopic (exact) mass is 670 g/mol. The molecule has 1 atom stereocenters. The fourth-order valence-electron chi connectivity index (χ4n) is 3.11. The molecule has 0 bridgehead atoms. The van der Waals surface area contributed by atoms with E-state index < -0.39 is 15.6 Å². The van der Waals surface area contributed by atoms with E-state index in [1.807, 2.05) is 92.7 Å². The van der Waals surface area contributed by atoms with Gasteiger partial charge in [0, 0.05) is 0 Å². The number of aryl methyl sites for hydroxylation is 3. The lowest BCUT2D eigenvalue weighted by Gasteiger charge is -2.12. The van der Waals surface area contributed by atoms with E-state index in [0.29, 0.717) is 11.5 Å². The number of benzene rings is 5. The lowest BCUT2D eigenvalue weighted by Crippen LogP contribution is -1.95. The van der Waals surface area contributed by atoms with Crippen molar-refractivity contribution in [2.75, 3.05) is 0 Å². The van der Waals surface area contributed by atoms with E-state index in [2.05, 4.69) is 15.8 Å². The molecule has 0 aromatic heterocycles. The van der Waals surface area contributed by atoms with Gasteiger partial charge >= 0.3 is 15.6 Å². The van der Waals surface area contributed by atoms with Crippen LogP contribution in [0, 0.1) is 20.8 Å². The molecular formula is C33H36O11P2. The van der Waals surface area contributed by atoms with Gasteiger partial charge in [-0.15, -0.1) is 0 Å². The average Bonchev–Trinajstić information content (AvgIpc) is 2.99. The molecule has 1 unspecified atom stereocenters. The van der Waals surface area contributed by atoms with Gasteiger partial charge in [-0.1, -0.05) is 71.3 Å². The molecule has 5 rings (SSSR count). The summed E-state index contributed by atoms with van der Waals surface area (Å²) < 4.78 is 34.9. The number of hydrogen-bond donors (Lipinski definition) is 6. The van der Waals surface area contributed by atoms with Gasteiger partial charge in [-0.05, 0) is 93.6 Å². The van der Waals surface area contributed by atoms with Crippen molar-refractivity contribution in [1.29, 1.82) is 0 Å². The number of hydrogen-bond acceptors (Lipinski definition) is 8. The topological polar surface area (TPSA) is 183 Å². The number of ether oxygens (including phenoxy) is 1. The third-order valence-corrected chi connectivity index (χ3v) is 7.45. The Bertz CT molecular complexity index is 1590. The van der Waals surface area contributed by atoms with Crippen LogP contribution in [-0.4, -0.2) is 30.0 Å². The van der Waals surface area contributed by atoms with Gasteiger partial charge in [0.25, 0.3) is 0 Å². The lowest BCUT2D eigenvalue weighted by molar-refractivity contribution is 0.229. The molecule has 0 fully saturated rings. The maximum absolute atomic E-state index is 11.0. The van der Waals surface area contributed by atoms with Gasteiger partial charge < -0.3 is 34.4 Å². The first-order valence-electron chi connectivity index (χ1n) is 13.5. The Labute approximate surface area is 267 Å². The van der Waals surface area contributed by atoms with Gasteiger partial charge in [0.2, 0.25) is 0 Å². The molecule has 244 valence electrons. The molecule has 5 aromatic rings. The number of phosphoric acid groups is 2. The summed E-state index contributed by atoms with van der Waals surface area (Å²) in [4.78, 5) is 25.6. The molecule has 0 aliphatic rings. The molecule has 0 saturated heterocycles. The summed E-state index contributed by atoms with van der Waals surface area (Å²) in [7, 11) is -10.0. The number of aromatic hydroxyl groups is 3. The first kappa shape index (κ1) is 37.6. The zero-order valence-electron chi connectivity index (χ0n) is 25.2. The van der Waals surface area contributed by atoms with E-state index in [9.17, 15) is 9.13 Å². The van der Waals surface area contributed by atoms with Crippen molar-refractivity contribution in [2.45, 2.75) is 20.8 Å². The predicted molar refractivity (Wildman–Crippen MR) is 175 cm³/mol. The Morgan fingerprint density at radius 3 is 1.15 bits per heavy atom. The second-order valence-electron chi connectivity index (χ2n) is 9.53. The highest BCUT2D eigenvalue weighted by atomic mass is 31.3. The predicted octanol–water partition coefficient (Wildman–Crippen LogP) is 8.17. The molecule has 6 N–H and O–H groups in total. The Hall–Kier alpha value is -4.60. The first-order valence-corrected chi connectivity index (χ1v) is 16.5. The summed E-state index contributed by atoms with van der Waals surface area (Å²) >= 11 is 0. The summed E-state index contributed by atoms with van der Waals surface area (Å²) in [5.41, 5.74) is 3.58. The summed E-state index contributed by atoms with van der Waals surface area (Å²) in [5, 5.41) is 26.4. The largest absolute Gasteiger partial charge is 0.536 e. The van der Waals surface area contributed by atoms with Crippen LogP contribution < -0.4 is 9.26 Å².